The number of aryl methyl sites for hydroxylation is 1. The van der Waals surface area contributed by atoms with Gasteiger partial charge < -0.3 is 19.8 Å². The molecule has 0 amide bonds. The van der Waals surface area contributed by atoms with Crippen molar-refractivity contribution in [1.82, 2.24) is 19.5 Å². The molecule has 8 nitrogen and oxygen atoms in total. The second-order valence-electron chi connectivity index (χ2n) is 5.45. The Morgan fingerprint density at radius 2 is 2.04 bits per heavy atom. The van der Waals surface area contributed by atoms with Crippen molar-refractivity contribution in [3.05, 3.63) is 30.6 Å². The van der Waals surface area contributed by atoms with E-state index in [0.717, 1.165) is 15.8 Å². The molecule has 0 fully saturated rings. The van der Waals surface area contributed by atoms with Gasteiger partial charge in [0.2, 0.25) is 0 Å². The van der Waals surface area contributed by atoms with Crippen LogP contribution < -0.4 is 10.5 Å². The fraction of sp³-hybridized carbons (Fsp3) is 0.294. The number of ether oxygens (including phenoxy) is 2. The van der Waals surface area contributed by atoms with Gasteiger partial charge in [-0.15, -0.1) is 0 Å². The lowest BCUT2D eigenvalue weighted by atomic mass is 10.3. The summed E-state index contributed by atoms with van der Waals surface area (Å²) in [6.07, 6.45) is 2.06. The number of hydrogen-bond acceptors (Lipinski definition) is 8. The van der Waals surface area contributed by atoms with Gasteiger partial charge in [-0.1, -0.05) is 11.8 Å². The van der Waals surface area contributed by atoms with E-state index in [1.807, 2.05) is 28.8 Å². The van der Waals surface area contributed by atoms with Crippen LogP contribution in [0.1, 0.15) is 13.3 Å². The van der Waals surface area contributed by atoms with Gasteiger partial charge in [0.05, 0.1) is 13.7 Å². The minimum atomic E-state index is -0.292. The summed E-state index contributed by atoms with van der Waals surface area (Å²) < 4.78 is 12.2. The second kappa shape index (κ2) is 8.05. The molecule has 2 heterocycles. The highest BCUT2D eigenvalue weighted by molar-refractivity contribution is 7.99. The molecule has 0 aliphatic carbocycles. The Balaban J connectivity index is 1.87. The molecule has 26 heavy (non-hydrogen) atoms. The molecular formula is C17H19N5O3S. The van der Waals surface area contributed by atoms with Crippen LogP contribution in [0.4, 0.5) is 5.82 Å². The van der Waals surface area contributed by atoms with E-state index >= 15 is 0 Å². The third-order valence-corrected chi connectivity index (χ3v) is 4.63. The zero-order valence-corrected chi connectivity index (χ0v) is 15.3. The van der Waals surface area contributed by atoms with Crippen LogP contribution in [-0.4, -0.2) is 39.2 Å². The first kappa shape index (κ1) is 18.0. The fourth-order valence-electron chi connectivity index (χ4n) is 2.40. The van der Waals surface area contributed by atoms with Crippen molar-refractivity contribution < 1.29 is 14.3 Å². The summed E-state index contributed by atoms with van der Waals surface area (Å²) in [5.74, 6) is 0.838. The molecule has 2 aromatic heterocycles. The second-order valence-corrected chi connectivity index (χ2v) is 6.49. The van der Waals surface area contributed by atoms with Crippen LogP contribution in [0.2, 0.25) is 0 Å². The molecule has 9 heteroatoms. The first-order chi connectivity index (χ1) is 12.6. The Morgan fingerprint density at radius 3 is 2.73 bits per heavy atom. The number of rotatable bonds is 7. The SMILES string of the molecule is COc1ccc(Sc2nc3c(N)ncnc3n2CCCOC(C)=O)cc1. The number of imidazole rings is 1. The fourth-order valence-corrected chi connectivity index (χ4v) is 3.31. The molecule has 0 saturated carbocycles. The lowest BCUT2D eigenvalue weighted by Crippen LogP contribution is -2.07. The van der Waals surface area contributed by atoms with Crippen LogP contribution >= 0.6 is 11.8 Å². The number of methoxy groups -OCH3 is 1. The Bertz CT molecular complexity index is 911. The number of benzene rings is 1. The third kappa shape index (κ3) is 4.05. The van der Waals surface area contributed by atoms with E-state index in [2.05, 4.69) is 15.0 Å². The van der Waals surface area contributed by atoms with Crippen LogP contribution in [0.25, 0.3) is 11.2 Å². The van der Waals surface area contributed by atoms with Gasteiger partial charge in [-0.05, 0) is 30.7 Å². The van der Waals surface area contributed by atoms with Gasteiger partial charge in [0.15, 0.2) is 22.1 Å². The minimum Gasteiger partial charge on any atom is -0.497 e. The highest BCUT2D eigenvalue weighted by Crippen LogP contribution is 2.31. The van der Waals surface area contributed by atoms with Gasteiger partial charge in [0, 0.05) is 18.4 Å². The number of nitrogen functional groups attached to an aromatic ring is 1. The molecule has 0 aliphatic rings. The standard InChI is InChI=1S/C17H19N5O3S/c1-11(23)25-9-3-8-22-16-14(15(18)19-10-20-16)21-17(22)26-13-6-4-12(24-2)5-7-13/h4-7,10H,3,8-9H2,1-2H3,(H2,18,19,20). The molecule has 0 atom stereocenters. The van der Waals surface area contributed by atoms with Crippen LogP contribution in [0.5, 0.6) is 5.75 Å². The van der Waals surface area contributed by atoms with Crippen molar-refractivity contribution in [2.75, 3.05) is 19.5 Å². The maximum absolute atomic E-state index is 10.9. The van der Waals surface area contributed by atoms with Crippen molar-refractivity contribution in [3.8, 4) is 5.75 Å². The molecule has 3 aromatic rings. The normalized spacial score (nSPS) is 10.8. The summed E-state index contributed by atoms with van der Waals surface area (Å²) in [7, 11) is 1.63. The smallest absolute Gasteiger partial charge is 0.302 e. The largest absolute Gasteiger partial charge is 0.497 e. The zero-order chi connectivity index (χ0) is 18.5. The number of carbonyl (C=O) groups excluding carboxylic acids is 1. The predicted octanol–water partition coefficient (Wildman–Crippen LogP) is 2.52. The maximum Gasteiger partial charge on any atom is 0.302 e. The summed E-state index contributed by atoms with van der Waals surface area (Å²) in [6, 6.07) is 7.70. The van der Waals surface area contributed by atoms with Gasteiger partial charge in [0.1, 0.15) is 12.1 Å². The zero-order valence-electron chi connectivity index (χ0n) is 14.5. The monoisotopic (exact) mass is 373 g/mol. The van der Waals surface area contributed by atoms with E-state index in [1.165, 1.54) is 25.0 Å². The molecule has 1 aromatic carbocycles. The van der Waals surface area contributed by atoms with Crippen LogP contribution in [0.3, 0.4) is 0 Å². The average Bonchev–Trinajstić information content (AvgIpc) is 2.98. The summed E-state index contributed by atoms with van der Waals surface area (Å²) in [5.41, 5.74) is 7.17. The molecule has 0 unspecified atom stereocenters. The van der Waals surface area contributed by atoms with Crippen LogP contribution in [0, 0.1) is 0 Å². The van der Waals surface area contributed by atoms with Gasteiger partial charge >= 0.3 is 5.97 Å². The Labute approximate surface area is 154 Å². The molecule has 0 saturated heterocycles. The molecule has 2 N–H and O–H groups in total. The first-order valence-corrected chi connectivity index (χ1v) is 8.82. The minimum absolute atomic E-state index is 0.292. The quantitative estimate of drug-likeness (QED) is 0.497. The van der Waals surface area contributed by atoms with E-state index in [9.17, 15) is 4.79 Å². The highest BCUT2D eigenvalue weighted by Gasteiger charge is 2.16. The molecule has 136 valence electrons. The van der Waals surface area contributed by atoms with Crippen molar-refractivity contribution in [3.63, 3.8) is 0 Å². The Hall–Kier alpha value is -2.81. The molecule has 3 rings (SSSR count). The first-order valence-electron chi connectivity index (χ1n) is 8.00. The molecule has 0 radical (unpaired) electrons. The van der Waals surface area contributed by atoms with Gasteiger partial charge in [-0.3, -0.25) is 4.79 Å². The van der Waals surface area contributed by atoms with Crippen molar-refractivity contribution in [2.45, 2.75) is 29.9 Å². The van der Waals surface area contributed by atoms with Crippen molar-refractivity contribution in [2.24, 2.45) is 0 Å². The summed E-state index contributed by atoms with van der Waals surface area (Å²) in [6.45, 7) is 2.33. The van der Waals surface area contributed by atoms with Crippen molar-refractivity contribution in [1.29, 1.82) is 0 Å². The maximum atomic E-state index is 10.9. The number of nitrogens with zero attached hydrogens (tertiary/aromatic N) is 4. The molecule has 0 aliphatic heterocycles. The Morgan fingerprint density at radius 1 is 1.27 bits per heavy atom. The average molecular weight is 373 g/mol. The van der Waals surface area contributed by atoms with E-state index in [4.69, 9.17) is 15.2 Å². The number of aromatic nitrogens is 4. The summed E-state index contributed by atoms with van der Waals surface area (Å²) in [4.78, 5) is 24.9. The van der Waals surface area contributed by atoms with Gasteiger partial charge in [0.25, 0.3) is 0 Å². The predicted molar refractivity (Wildman–Crippen MR) is 98.1 cm³/mol. The molecule has 0 bridgehead atoms. The topological polar surface area (TPSA) is 105 Å². The molecular weight excluding hydrogens is 354 g/mol. The number of hydrogen-bond donors (Lipinski definition) is 1. The van der Waals surface area contributed by atoms with E-state index in [-0.39, 0.29) is 5.97 Å². The van der Waals surface area contributed by atoms with Gasteiger partial charge in [-0.2, -0.15) is 0 Å². The molecule has 0 spiro atoms. The van der Waals surface area contributed by atoms with E-state index in [1.54, 1.807) is 7.11 Å². The lowest BCUT2D eigenvalue weighted by molar-refractivity contribution is -0.141. The summed E-state index contributed by atoms with van der Waals surface area (Å²) >= 11 is 1.50. The number of fused-ring (bicyclic) bond motifs is 1. The van der Waals surface area contributed by atoms with E-state index < -0.39 is 0 Å². The van der Waals surface area contributed by atoms with Crippen LogP contribution in [-0.2, 0) is 16.1 Å². The van der Waals surface area contributed by atoms with E-state index in [0.29, 0.717) is 36.6 Å². The van der Waals surface area contributed by atoms with Crippen molar-refractivity contribution >= 4 is 34.7 Å². The summed E-state index contributed by atoms with van der Waals surface area (Å²) in [5, 5.41) is 0.750. The number of nitrogens with two attached hydrogens (primary N) is 1. The van der Waals surface area contributed by atoms with Crippen LogP contribution in [0.15, 0.2) is 40.6 Å². The third-order valence-electron chi connectivity index (χ3n) is 3.63. The number of carbonyl (C=O) groups is 1. The Kier molecular flexibility index (Phi) is 5.57. The highest BCUT2D eigenvalue weighted by atomic mass is 32.2. The number of esters is 1. The number of anilines is 1. The van der Waals surface area contributed by atoms with Gasteiger partial charge in [-0.25, -0.2) is 15.0 Å². The lowest BCUT2D eigenvalue weighted by Gasteiger charge is -2.09.